The van der Waals surface area contributed by atoms with Gasteiger partial charge in [0.1, 0.15) is 6.54 Å². The first-order valence-corrected chi connectivity index (χ1v) is 13.3. The minimum Gasteiger partial charge on any atom is -0.748 e. The molecule has 0 N–H and O–H groups in total. The van der Waals surface area contributed by atoms with Crippen LogP contribution in [0.1, 0.15) is 74.0 Å². The van der Waals surface area contributed by atoms with Gasteiger partial charge in [0.05, 0.1) is 10.1 Å². The van der Waals surface area contributed by atoms with Gasteiger partial charge in [0, 0.05) is 36.7 Å². The molecule has 0 aliphatic rings. The average molecular weight is 467 g/mol. The number of hydrogen-bond acceptors (Lipinski definition) is 4. The lowest BCUT2D eigenvalue weighted by Gasteiger charge is -2.26. The van der Waals surface area contributed by atoms with Gasteiger partial charge in [0.25, 0.3) is 0 Å². The molecule has 0 aliphatic carbocycles. The fourth-order valence-electron chi connectivity index (χ4n) is 4.54. The molecule has 3 atom stereocenters. The lowest BCUT2D eigenvalue weighted by Crippen LogP contribution is -2.33. The maximum atomic E-state index is 10.8. The zero-order valence-corrected chi connectivity index (χ0v) is 20.3. The third-order valence-corrected chi connectivity index (χ3v) is 7.23. The molecule has 176 valence electrons. The van der Waals surface area contributed by atoms with Crippen molar-refractivity contribution in [1.29, 1.82) is 0 Å². The van der Waals surface area contributed by atoms with Crippen LogP contribution in [0.5, 0.6) is 0 Å². The van der Waals surface area contributed by atoms with Crippen LogP contribution >= 0.6 is 0 Å². The Morgan fingerprint density at radius 2 is 1.52 bits per heavy atom. The van der Waals surface area contributed by atoms with Crippen molar-refractivity contribution in [1.82, 2.24) is 4.98 Å². The van der Waals surface area contributed by atoms with Crippen molar-refractivity contribution in [3.05, 3.63) is 96.1 Å². The monoisotopic (exact) mass is 466 g/mol. The molecule has 5 nitrogen and oxygen atoms in total. The molecule has 33 heavy (non-hydrogen) atoms. The Morgan fingerprint density at radius 1 is 0.879 bits per heavy atom. The second-order valence-corrected chi connectivity index (χ2v) is 10.4. The number of aromatic nitrogens is 2. The van der Waals surface area contributed by atoms with Crippen LogP contribution in [0.4, 0.5) is 0 Å². The highest BCUT2D eigenvalue weighted by Crippen LogP contribution is 2.38. The molecule has 6 heteroatoms. The van der Waals surface area contributed by atoms with E-state index >= 15 is 0 Å². The zero-order chi connectivity index (χ0) is 23.7. The highest BCUT2D eigenvalue weighted by atomic mass is 32.2. The molecule has 3 rings (SSSR count). The van der Waals surface area contributed by atoms with Gasteiger partial charge in [-0.05, 0) is 65.8 Å². The first-order valence-electron chi connectivity index (χ1n) is 11.7. The van der Waals surface area contributed by atoms with Gasteiger partial charge in [-0.25, -0.2) is 13.0 Å². The normalized spacial score (nSPS) is 14.5. The predicted octanol–water partition coefficient (Wildman–Crippen LogP) is 5.17. The van der Waals surface area contributed by atoms with E-state index < -0.39 is 10.1 Å². The molecule has 0 aliphatic heterocycles. The van der Waals surface area contributed by atoms with Gasteiger partial charge < -0.3 is 4.55 Å². The Labute approximate surface area is 198 Å². The van der Waals surface area contributed by atoms with Crippen LogP contribution < -0.4 is 4.57 Å². The summed E-state index contributed by atoms with van der Waals surface area (Å²) in [6, 6.07) is 19.2. The smallest absolute Gasteiger partial charge is 0.169 e. The summed E-state index contributed by atoms with van der Waals surface area (Å²) >= 11 is 0. The van der Waals surface area contributed by atoms with Crippen molar-refractivity contribution < 1.29 is 17.5 Å². The summed E-state index contributed by atoms with van der Waals surface area (Å²) in [5, 5.41) is 0. The van der Waals surface area contributed by atoms with Crippen LogP contribution in [0.3, 0.4) is 0 Å². The van der Waals surface area contributed by atoms with Gasteiger partial charge in [-0.2, -0.15) is 0 Å². The maximum absolute atomic E-state index is 10.8. The highest BCUT2D eigenvalue weighted by Gasteiger charge is 2.22. The zero-order valence-electron chi connectivity index (χ0n) is 19.5. The molecule has 2 heterocycles. The van der Waals surface area contributed by atoms with Gasteiger partial charge in [-0.3, -0.25) is 4.98 Å². The molecule has 3 aromatic rings. The molecule has 0 saturated heterocycles. The fourth-order valence-corrected chi connectivity index (χ4v) is 5.03. The van der Waals surface area contributed by atoms with Crippen molar-refractivity contribution in [3.63, 3.8) is 0 Å². The molecule has 0 saturated carbocycles. The Bertz CT molecular complexity index is 1070. The van der Waals surface area contributed by atoms with E-state index in [-0.39, 0.29) is 5.75 Å². The van der Waals surface area contributed by atoms with Gasteiger partial charge >= 0.3 is 0 Å². The largest absolute Gasteiger partial charge is 0.748 e. The van der Waals surface area contributed by atoms with E-state index in [0.29, 0.717) is 30.7 Å². The minimum atomic E-state index is -4.16. The molecular weight excluding hydrogens is 432 g/mol. The molecule has 0 bridgehead atoms. The summed E-state index contributed by atoms with van der Waals surface area (Å²) in [5.41, 5.74) is 3.98. The van der Waals surface area contributed by atoms with Gasteiger partial charge in [0.2, 0.25) is 0 Å². The molecule has 2 aromatic heterocycles. The third kappa shape index (κ3) is 8.06. The number of pyridine rings is 2. The molecule has 1 aromatic carbocycles. The van der Waals surface area contributed by atoms with Crippen LogP contribution in [0, 0.1) is 0 Å². The number of aryl methyl sites for hydroxylation is 1. The topological polar surface area (TPSA) is 74.0 Å². The fraction of sp³-hybridized carbons (Fsp3) is 0.407. The molecule has 0 fully saturated rings. The van der Waals surface area contributed by atoms with Gasteiger partial charge in [-0.15, -0.1) is 0 Å². The quantitative estimate of drug-likeness (QED) is 0.273. The summed E-state index contributed by atoms with van der Waals surface area (Å²) in [6.07, 6.45) is 11.2. The van der Waals surface area contributed by atoms with E-state index in [9.17, 15) is 13.0 Å². The van der Waals surface area contributed by atoms with Crippen LogP contribution in [0.15, 0.2) is 79.4 Å². The van der Waals surface area contributed by atoms with Crippen LogP contribution in [-0.4, -0.2) is 23.7 Å². The van der Waals surface area contributed by atoms with E-state index in [4.69, 9.17) is 0 Å². The minimum absolute atomic E-state index is 0.327. The summed E-state index contributed by atoms with van der Waals surface area (Å²) in [4.78, 5) is 4.21. The van der Waals surface area contributed by atoms with Crippen molar-refractivity contribution >= 4 is 10.1 Å². The highest BCUT2D eigenvalue weighted by molar-refractivity contribution is 7.85. The number of hydrogen-bond donors (Lipinski definition) is 0. The van der Waals surface area contributed by atoms with E-state index in [0.717, 1.165) is 19.3 Å². The molecule has 0 radical (unpaired) electrons. The lowest BCUT2D eigenvalue weighted by molar-refractivity contribution is -0.696. The van der Waals surface area contributed by atoms with E-state index in [1.165, 1.54) is 16.7 Å². The molecular formula is C27H34N2O3S. The summed E-state index contributed by atoms with van der Waals surface area (Å²) in [6.45, 7) is 5.06. The van der Waals surface area contributed by atoms with E-state index in [1.54, 1.807) is 0 Å². The Balaban J connectivity index is 1.72. The Kier molecular flexibility index (Phi) is 9.15. The van der Waals surface area contributed by atoms with Crippen LogP contribution in [-0.2, 0) is 16.7 Å². The van der Waals surface area contributed by atoms with E-state index in [1.807, 2.05) is 29.4 Å². The first-order chi connectivity index (χ1) is 15.9. The second-order valence-electron chi connectivity index (χ2n) is 8.85. The average Bonchev–Trinajstić information content (AvgIpc) is 2.82. The third-order valence-electron chi connectivity index (χ3n) is 6.44. The molecule has 0 amide bonds. The summed E-state index contributed by atoms with van der Waals surface area (Å²) < 4.78 is 34.4. The number of rotatable bonds is 12. The van der Waals surface area contributed by atoms with Crippen molar-refractivity contribution in [2.24, 2.45) is 0 Å². The summed E-state index contributed by atoms with van der Waals surface area (Å²) in [7, 11) is -4.16. The van der Waals surface area contributed by atoms with Crippen molar-refractivity contribution in [3.8, 4) is 0 Å². The Hall–Kier alpha value is -2.57. The lowest BCUT2D eigenvalue weighted by atomic mass is 9.79. The van der Waals surface area contributed by atoms with Gasteiger partial charge in [0.15, 0.2) is 12.4 Å². The van der Waals surface area contributed by atoms with Crippen molar-refractivity contribution in [2.45, 2.75) is 63.8 Å². The number of nitrogens with zero attached hydrogens (tertiary/aromatic N) is 2. The van der Waals surface area contributed by atoms with E-state index in [2.05, 4.69) is 73.4 Å². The van der Waals surface area contributed by atoms with Crippen LogP contribution in [0.2, 0.25) is 0 Å². The van der Waals surface area contributed by atoms with Gasteiger partial charge in [-0.1, -0.05) is 44.2 Å². The first kappa shape index (κ1) is 25.1. The molecule has 0 spiro atoms. The predicted molar refractivity (Wildman–Crippen MR) is 130 cm³/mol. The SMILES string of the molecule is CCC(CC(CC(C)c1ccccc1)c1ccncc1)c1cc[n+](CCCS(=O)(=O)[O-])cc1. The standard InChI is InChI=1S/C27H34N2O3S/c1-3-23(26-12-17-29(18-13-26)16-7-19-33(30,31)32)21-27(25-10-14-28-15-11-25)20-22(2)24-8-5-4-6-9-24/h4-6,8-15,17-18,22-23,27H,3,7,16,19-21H2,1-2H3. The maximum Gasteiger partial charge on any atom is 0.169 e. The Morgan fingerprint density at radius 3 is 2.12 bits per heavy atom. The summed E-state index contributed by atoms with van der Waals surface area (Å²) in [5.74, 6) is 0.967. The van der Waals surface area contributed by atoms with Crippen LogP contribution in [0.25, 0.3) is 0 Å². The second kappa shape index (κ2) is 12.1. The molecule has 3 unspecified atom stereocenters. The number of benzene rings is 1. The van der Waals surface area contributed by atoms with Crippen molar-refractivity contribution in [2.75, 3.05) is 5.75 Å².